The minimum absolute atomic E-state index is 0.437. The number of hydrogen-bond donors (Lipinski definition) is 1. The molecular formula is C31H31N3O2S. The van der Waals surface area contributed by atoms with Crippen LogP contribution in [0.25, 0.3) is 21.9 Å². The summed E-state index contributed by atoms with van der Waals surface area (Å²) in [4.78, 5) is 6.81. The maximum Gasteiger partial charge on any atom is 0.217 e. The maximum atomic E-state index is 13.0. The highest BCUT2D eigenvalue weighted by Gasteiger charge is 2.43. The zero-order chi connectivity index (χ0) is 25.8. The van der Waals surface area contributed by atoms with Gasteiger partial charge in [-0.2, -0.15) is 0 Å². The molecule has 188 valence electrons. The van der Waals surface area contributed by atoms with Gasteiger partial charge in [-0.05, 0) is 60.0 Å². The molecule has 5 aromatic rings. The van der Waals surface area contributed by atoms with E-state index >= 15 is 0 Å². The number of nitrogens with zero attached hydrogens (tertiary/aromatic N) is 3. The Bertz CT molecular complexity index is 1470. The first-order chi connectivity index (χ1) is 18.0. The highest BCUT2D eigenvalue weighted by molar-refractivity contribution is 7.03. The van der Waals surface area contributed by atoms with E-state index in [0.29, 0.717) is 18.8 Å². The quantitative estimate of drug-likeness (QED) is 0.251. The lowest BCUT2D eigenvalue weighted by Gasteiger charge is -2.39. The molecule has 2 heterocycles. The summed E-state index contributed by atoms with van der Waals surface area (Å²) < 4.78 is 10.1. The molecule has 0 spiro atoms. The van der Waals surface area contributed by atoms with Crippen LogP contribution in [0, 0.1) is 0 Å². The smallest absolute Gasteiger partial charge is 0.217 e. The third-order valence-corrected chi connectivity index (χ3v) is 7.54. The Kier molecular flexibility index (Phi) is 7.33. The van der Waals surface area contributed by atoms with Crippen LogP contribution in [0.5, 0.6) is 5.88 Å². The van der Waals surface area contributed by atoms with Crippen molar-refractivity contribution in [3.8, 4) is 17.0 Å². The number of fused-ring (bicyclic) bond motifs is 1. The highest BCUT2D eigenvalue weighted by atomic mass is 32.1. The first-order valence-electron chi connectivity index (χ1n) is 12.3. The predicted octanol–water partition coefficient (Wildman–Crippen LogP) is 6.34. The number of benzene rings is 3. The van der Waals surface area contributed by atoms with Crippen LogP contribution in [0.2, 0.25) is 0 Å². The lowest BCUT2D eigenvalue weighted by Crippen LogP contribution is -2.38. The molecule has 0 radical (unpaired) electrons. The molecule has 0 bridgehead atoms. The summed E-state index contributed by atoms with van der Waals surface area (Å²) >= 11 is 1.41. The third-order valence-electron chi connectivity index (χ3n) is 6.96. The van der Waals surface area contributed by atoms with Gasteiger partial charge in [-0.1, -0.05) is 72.8 Å². The second-order valence-electron chi connectivity index (χ2n) is 9.58. The van der Waals surface area contributed by atoms with Crippen LogP contribution >= 0.6 is 11.5 Å². The van der Waals surface area contributed by atoms with Gasteiger partial charge in [-0.15, -0.1) is 0 Å². The molecule has 3 aromatic carbocycles. The van der Waals surface area contributed by atoms with E-state index in [-0.39, 0.29) is 0 Å². The van der Waals surface area contributed by atoms with Gasteiger partial charge in [0.25, 0.3) is 0 Å². The molecule has 0 amide bonds. The predicted molar refractivity (Wildman–Crippen MR) is 151 cm³/mol. The van der Waals surface area contributed by atoms with Gasteiger partial charge < -0.3 is 14.7 Å². The Hall–Kier alpha value is -3.58. The van der Waals surface area contributed by atoms with E-state index in [0.717, 1.165) is 38.6 Å². The van der Waals surface area contributed by atoms with Gasteiger partial charge in [-0.25, -0.2) is 9.36 Å². The summed E-state index contributed by atoms with van der Waals surface area (Å²) in [6, 6.07) is 26.7. The van der Waals surface area contributed by atoms with Crippen LogP contribution in [-0.2, 0) is 5.60 Å². The van der Waals surface area contributed by atoms with Crippen molar-refractivity contribution in [3.63, 3.8) is 0 Å². The lowest BCUT2D eigenvalue weighted by atomic mass is 9.70. The van der Waals surface area contributed by atoms with E-state index in [4.69, 9.17) is 9.72 Å². The number of rotatable bonds is 9. The highest BCUT2D eigenvalue weighted by Crippen LogP contribution is 2.49. The Morgan fingerprint density at radius 1 is 0.946 bits per heavy atom. The van der Waals surface area contributed by atoms with Crippen molar-refractivity contribution < 1.29 is 9.84 Å². The molecule has 37 heavy (non-hydrogen) atoms. The summed E-state index contributed by atoms with van der Waals surface area (Å²) in [5.74, 6) is 0.0674. The molecule has 0 saturated heterocycles. The van der Waals surface area contributed by atoms with Crippen molar-refractivity contribution in [1.29, 1.82) is 0 Å². The molecule has 0 aliphatic heterocycles. The largest absolute Gasteiger partial charge is 0.481 e. The van der Waals surface area contributed by atoms with Crippen molar-refractivity contribution >= 4 is 22.3 Å². The van der Waals surface area contributed by atoms with Gasteiger partial charge in [0.2, 0.25) is 5.88 Å². The minimum Gasteiger partial charge on any atom is -0.481 e. The van der Waals surface area contributed by atoms with E-state index in [1.165, 1.54) is 11.5 Å². The Balaban J connectivity index is 1.81. The van der Waals surface area contributed by atoms with Gasteiger partial charge in [0, 0.05) is 46.9 Å². The topological polar surface area (TPSA) is 58.5 Å². The SMILES string of the molecule is COc1ncc(-c2cnsc2)cc1C(c1ccccc1)C(O)(CCN(C)C)c1cccc2ccccc12. The van der Waals surface area contributed by atoms with Crippen LogP contribution < -0.4 is 4.74 Å². The zero-order valence-electron chi connectivity index (χ0n) is 21.3. The molecule has 0 fully saturated rings. The van der Waals surface area contributed by atoms with Crippen molar-refractivity contribution in [1.82, 2.24) is 14.3 Å². The van der Waals surface area contributed by atoms with E-state index < -0.39 is 11.5 Å². The number of aliphatic hydroxyl groups is 1. The molecular weight excluding hydrogens is 478 g/mol. The molecule has 0 aliphatic carbocycles. The van der Waals surface area contributed by atoms with Crippen molar-refractivity contribution in [2.45, 2.75) is 17.9 Å². The van der Waals surface area contributed by atoms with Crippen LogP contribution in [0.15, 0.2) is 96.6 Å². The summed E-state index contributed by atoms with van der Waals surface area (Å²) in [5.41, 5.74) is 3.41. The van der Waals surface area contributed by atoms with Gasteiger partial charge in [0.15, 0.2) is 0 Å². The number of aromatic nitrogens is 2. The van der Waals surface area contributed by atoms with E-state index in [1.807, 2.05) is 68.3 Å². The summed E-state index contributed by atoms with van der Waals surface area (Å²) in [5, 5.41) is 17.2. The van der Waals surface area contributed by atoms with Crippen molar-refractivity contribution in [3.05, 3.63) is 113 Å². The minimum atomic E-state index is -1.26. The Labute approximate surface area is 222 Å². The molecule has 5 nitrogen and oxygen atoms in total. The third kappa shape index (κ3) is 5.01. The number of ether oxygens (including phenoxy) is 1. The van der Waals surface area contributed by atoms with Gasteiger partial charge in [0.05, 0.1) is 7.11 Å². The van der Waals surface area contributed by atoms with Gasteiger partial charge in [-0.3, -0.25) is 0 Å². The molecule has 6 heteroatoms. The van der Waals surface area contributed by atoms with E-state index in [2.05, 4.69) is 51.7 Å². The average molecular weight is 510 g/mol. The molecule has 1 N–H and O–H groups in total. The summed E-state index contributed by atoms with van der Waals surface area (Å²) in [7, 11) is 5.71. The first kappa shape index (κ1) is 25.1. The Morgan fingerprint density at radius 2 is 1.70 bits per heavy atom. The van der Waals surface area contributed by atoms with Gasteiger partial charge >= 0.3 is 0 Å². The second kappa shape index (κ2) is 10.8. The summed E-state index contributed by atoms with van der Waals surface area (Å²) in [6.45, 7) is 0.701. The fourth-order valence-corrected chi connectivity index (χ4v) is 5.69. The van der Waals surface area contributed by atoms with E-state index in [9.17, 15) is 5.11 Å². The van der Waals surface area contributed by atoms with Gasteiger partial charge in [0.1, 0.15) is 5.60 Å². The van der Waals surface area contributed by atoms with Crippen LogP contribution in [0.1, 0.15) is 29.0 Å². The maximum absolute atomic E-state index is 13.0. The second-order valence-corrected chi connectivity index (χ2v) is 10.2. The fraction of sp³-hybridized carbons (Fsp3) is 0.226. The molecule has 2 unspecified atom stereocenters. The van der Waals surface area contributed by atoms with Crippen LogP contribution in [0.4, 0.5) is 0 Å². The number of methoxy groups -OCH3 is 1. The monoisotopic (exact) mass is 509 g/mol. The van der Waals surface area contributed by atoms with Crippen LogP contribution in [-0.4, -0.2) is 47.1 Å². The first-order valence-corrected chi connectivity index (χ1v) is 13.2. The molecule has 2 atom stereocenters. The fourth-order valence-electron chi connectivity index (χ4n) is 5.14. The zero-order valence-corrected chi connectivity index (χ0v) is 22.2. The molecule has 0 saturated carbocycles. The normalized spacial score (nSPS) is 14.0. The van der Waals surface area contributed by atoms with Crippen molar-refractivity contribution in [2.24, 2.45) is 0 Å². The number of hydrogen-bond acceptors (Lipinski definition) is 6. The molecule has 2 aromatic heterocycles. The molecule has 0 aliphatic rings. The van der Waals surface area contributed by atoms with Crippen LogP contribution in [0.3, 0.4) is 0 Å². The molecule has 5 rings (SSSR count). The lowest BCUT2D eigenvalue weighted by molar-refractivity contribution is 0.00517. The van der Waals surface area contributed by atoms with Crippen molar-refractivity contribution in [2.75, 3.05) is 27.7 Å². The summed E-state index contributed by atoms with van der Waals surface area (Å²) in [6.07, 6.45) is 4.17. The average Bonchev–Trinajstić information content (AvgIpc) is 3.47. The number of pyridine rings is 1. The van der Waals surface area contributed by atoms with E-state index in [1.54, 1.807) is 7.11 Å². The standard InChI is InChI=1S/C31H31N3O2S/c1-34(2)17-16-31(35,28-15-9-13-22-10-7-8-14-26(22)28)29(23-11-5-4-6-12-23)27-18-24(19-32-30(27)36-3)25-20-33-37-21-25/h4-15,18-21,29,35H,16-17H2,1-3H3. The Morgan fingerprint density at radius 3 is 2.43 bits per heavy atom.